The van der Waals surface area contributed by atoms with Gasteiger partial charge in [-0.3, -0.25) is 4.79 Å². The van der Waals surface area contributed by atoms with Crippen LogP contribution in [0.1, 0.15) is 41.3 Å². The normalized spacial score (nSPS) is 16.9. The molecule has 2 aromatic carbocycles. The maximum atomic E-state index is 13.7. The highest BCUT2D eigenvalue weighted by Gasteiger charge is 2.37. The SMILES string of the molecule is CC(F)(F)c1cccc(C2(O)CCN(C(=O)c3c[nH]c4cc(Cl)ccc34)CC2)c1. The van der Waals surface area contributed by atoms with Gasteiger partial charge in [-0.2, -0.15) is 0 Å². The summed E-state index contributed by atoms with van der Waals surface area (Å²) in [5.74, 6) is -3.10. The molecule has 2 heterocycles. The molecule has 1 aromatic heterocycles. The minimum absolute atomic E-state index is 0.126. The quantitative estimate of drug-likeness (QED) is 0.624. The van der Waals surface area contributed by atoms with Gasteiger partial charge in [0.1, 0.15) is 0 Å². The van der Waals surface area contributed by atoms with E-state index in [0.29, 0.717) is 29.2 Å². The number of amides is 1. The summed E-state index contributed by atoms with van der Waals surface area (Å²) in [6.07, 6.45) is 2.23. The number of piperidine rings is 1. The van der Waals surface area contributed by atoms with Gasteiger partial charge in [-0.25, -0.2) is 8.78 Å². The topological polar surface area (TPSA) is 56.3 Å². The number of rotatable bonds is 3. The molecule has 4 nitrogen and oxygen atoms in total. The molecular weight excluding hydrogens is 398 g/mol. The number of benzene rings is 2. The molecule has 29 heavy (non-hydrogen) atoms. The number of fused-ring (bicyclic) bond motifs is 1. The lowest BCUT2D eigenvalue weighted by atomic mass is 9.83. The molecule has 4 rings (SSSR count). The highest BCUT2D eigenvalue weighted by atomic mass is 35.5. The number of nitrogens with zero attached hydrogens (tertiary/aromatic N) is 1. The number of carbonyl (C=O) groups is 1. The van der Waals surface area contributed by atoms with Crippen molar-refractivity contribution >= 4 is 28.4 Å². The molecule has 2 N–H and O–H groups in total. The van der Waals surface area contributed by atoms with Crippen molar-refractivity contribution in [2.75, 3.05) is 13.1 Å². The molecule has 1 aliphatic rings. The Labute approximate surface area is 172 Å². The third kappa shape index (κ3) is 3.74. The number of hydrogen-bond donors (Lipinski definition) is 2. The minimum Gasteiger partial charge on any atom is -0.385 e. The van der Waals surface area contributed by atoms with E-state index >= 15 is 0 Å². The largest absolute Gasteiger partial charge is 0.385 e. The number of hydrogen-bond acceptors (Lipinski definition) is 2. The van der Waals surface area contributed by atoms with Crippen LogP contribution in [0.4, 0.5) is 8.78 Å². The molecule has 1 saturated heterocycles. The van der Waals surface area contributed by atoms with Gasteiger partial charge in [-0.15, -0.1) is 0 Å². The van der Waals surface area contributed by atoms with Crippen LogP contribution in [0, 0.1) is 0 Å². The predicted octanol–water partition coefficient (Wildman–Crippen LogP) is 5.06. The molecule has 0 bridgehead atoms. The molecule has 3 aromatic rings. The van der Waals surface area contributed by atoms with Crippen LogP contribution in [-0.4, -0.2) is 34.0 Å². The van der Waals surface area contributed by atoms with Crippen LogP contribution in [0.3, 0.4) is 0 Å². The van der Waals surface area contributed by atoms with Crippen LogP contribution >= 0.6 is 11.6 Å². The number of carbonyl (C=O) groups excluding carboxylic acids is 1. The molecule has 1 aliphatic heterocycles. The molecule has 0 atom stereocenters. The molecule has 1 fully saturated rings. The summed E-state index contributed by atoms with van der Waals surface area (Å²) >= 11 is 5.99. The summed E-state index contributed by atoms with van der Waals surface area (Å²) in [6.45, 7) is 1.51. The number of nitrogens with one attached hydrogen (secondary N) is 1. The standard InChI is InChI=1S/C22H21ClF2N2O2/c1-21(24,25)14-3-2-4-15(11-14)22(29)7-9-27(10-8-22)20(28)18-13-26-19-12-16(23)5-6-17(18)19/h2-6,11-13,26,29H,7-10H2,1H3. The zero-order valence-corrected chi connectivity index (χ0v) is 16.6. The fourth-order valence-electron chi connectivity index (χ4n) is 3.90. The first-order chi connectivity index (χ1) is 13.7. The molecule has 1 amide bonds. The van der Waals surface area contributed by atoms with E-state index in [4.69, 9.17) is 11.6 Å². The summed E-state index contributed by atoms with van der Waals surface area (Å²) in [5, 5.41) is 12.4. The maximum absolute atomic E-state index is 13.7. The third-order valence-corrected chi connectivity index (χ3v) is 5.89. The van der Waals surface area contributed by atoms with Crippen LogP contribution in [0.15, 0.2) is 48.7 Å². The summed E-state index contributed by atoms with van der Waals surface area (Å²) in [6, 6.07) is 11.2. The molecule has 0 aliphatic carbocycles. The number of alkyl halides is 2. The van der Waals surface area contributed by atoms with Gasteiger partial charge in [0.25, 0.3) is 11.8 Å². The second-order valence-corrected chi connectivity index (χ2v) is 8.12. The molecule has 0 radical (unpaired) electrons. The van der Waals surface area contributed by atoms with E-state index in [-0.39, 0.29) is 24.3 Å². The van der Waals surface area contributed by atoms with Crippen LogP contribution < -0.4 is 0 Å². The Morgan fingerprint density at radius 1 is 1.21 bits per heavy atom. The Bertz CT molecular complexity index is 1070. The summed E-state index contributed by atoms with van der Waals surface area (Å²) < 4.78 is 27.3. The fraction of sp³-hybridized carbons (Fsp3) is 0.318. The lowest BCUT2D eigenvalue weighted by molar-refractivity contribution is -0.0219. The van der Waals surface area contributed by atoms with Gasteiger partial charge < -0.3 is 15.0 Å². The lowest BCUT2D eigenvalue weighted by Gasteiger charge is -2.38. The van der Waals surface area contributed by atoms with Crippen LogP contribution in [-0.2, 0) is 11.5 Å². The summed E-state index contributed by atoms with van der Waals surface area (Å²) in [5.41, 5.74) is 0.442. The van der Waals surface area contributed by atoms with Crippen LogP contribution in [0.2, 0.25) is 5.02 Å². The van der Waals surface area contributed by atoms with Gasteiger partial charge in [0, 0.05) is 47.7 Å². The van der Waals surface area contributed by atoms with E-state index in [2.05, 4.69) is 4.98 Å². The van der Waals surface area contributed by atoms with Crippen molar-refractivity contribution in [1.29, 1.82) is 0 Å². The Morgan fingerprint density at radius 2 is 1.93 bits per heavy atom. The van der Waals surface area contributed by atoms with Gasteiger partial charge >= 0.3 is 0 Å². The molecule has 0 saturated carbocycles. The number of aromatic amines is 1. The Hall–Kier alpha value is -2.44. The number of aliphatic hydroxyl groups is 1. The van der Waals surface area contributed by atoms with Crippen molar-refractivity contribution < 1.29 is 18.7 Å². The molecule has 152 valence electrons. The van der Waals surface area contributed by atoms with E-state index < -0.39 is 11.5 Å². The van der Waals surface area contributed by atoms with Crippen LogP contribution in [0.5, 0.6) is 0 Å². The van der Waals surface area contributed by atoms with Crippen molar-refractivity contribution in [2.24, 2.45) is 0 Å². The zero-order valence-electron chi connectivity index (χ0n) is 15.9. The van der Waals surface area contributed by atoms with Crippen molar-refractivity contribution in [3.8, 4) is 0 Å². The van der Waals surface area contributed by atoms with E-state index in [9.17, 15) is 18.7 Å². The Morgan fingerprint density at radius 3 is 2.62 bits per heavy atom. The summed E-state index contributed by atoms with van der Waals surface area (Å²) in [4.78, 5) is 17.7. The molecular formula is C22H21ClF2N2O2. The second-order valence-electron chi connectivity index (χ2n) is 7.69. The highest BCUT2D eigenvalue weighted by Crippen LogP contribution is 2.36. The minimum atomic E-state index is -2.97. The number of likely N-dealkylation sites (tertiary alicyclic amines) is 1. The zero-order chi connectivity index (χ0) is 20.8. The van der Waals surface area contributed by atoms with Crippen molar-refractivity contribution in [3.05, 3.63) is 70.4 Å². The Kier molecular flexibility index (Phi) is 4.87. The van der Waals surface area contributed by atoms with Gasteiger partial charge in [0.05, 0.1) is 11.2 Å². The van der Waals surface area contributed by atoms with Gasteiger partial charge in [-0.05, 0) is 36.6 Å². The number of H-pyrrole nitrogens is 1. The second kappa shape index (κ2) is 7.11. The Balaban J connectivity index is 1.52. The van der Waals surface area contributed by atoms with E-state index in [1.165, 1.54) is 18.2 Å². The highest BCUT2D eigenvalue weighted by molar-refractivity contribution is 6.31. The lowest BCUT2D eigenvalue weighted by Crippen LogP contribution is -2.45. The fourth-order valence-corrected chi connectivity index (χ4v) is 4.07. The van der Waals surface area contributed by atoms with E-state index in [0.717, 1.165) is 17.8 Å². The average Bonchev–Trinajstić information content (AvgIpc) is 3.10. The maximum Gasteiger partial charge on any atom is 0.270 e. The van der Waals surface area contributed by atoms with Gasteiger partial charge in [0.2, 0.25) is 0 Å². The monoisotopic (exact) mass is 418 g/mol. The van der Waals surface area contributed by atoms with Crippen molar-refractivity contribution in [1.82, 2.24) is 9.88 Å². The van der Waals surface area contributed by atoms with Gasteiger partial charge in [-0.1, -0.05) is 35.9 Å². The van der Waals surface area contributed by atoms with Crippen molar-refractivity contribution in [2.45, 2.75) is 31.3 Å². The molecule has 7 heteroatoms. The smallest absolute Gasteiger partial charge is 0.270 e. The molecule has 0 unspecified atom stereocenters. The van der Waals surface area contributed by atoms with Gasteiger partial charge in [0.15, 0.2) is 0 Å². The average molecular weight is 419 g/mol. The van der Waals surface area contributed by atoms with Crippen LogP contribution in [0.25, 0.3) is 10.9 Å². The van der Waals surface area contributed by atoms with Crippen molar-refractivity contribution in [3.63, 3.8) is 0 Å². The molecule has 0 spiro atoms. The number of aromatic nitrogens is 1. The van der Waals surface area contributed by atoms with E-state index in [1.54, 1.807) is 35.4 Å². The van der Waals surface area contributed by atoms with E-state index in [1.807, 2.05) is 0 Å². The predicted molar refractivity (Wildman–Crippen MR) is 108 cm³/mol. The summed E-state index contributed by atoms with van der Waals surface area (Å²) in [7, 11) is 0. The number of halogens is 3. The third-order valence-electron chi connectivity index (χ3n) is 5.66. The first-order valence-electron chi connectivity index (χ1n) is 9.44. The first kappa shape index (κ1) is 19.9. The first-order valence-corrected chi connectivity index (χ1v) is 9.82.